The van der Waals surface area contributed by atoms with Crippen molar-refractivity contribution >= 4 is 17.7 Å². The average molecular weight is 539 g/mol. The Morgan fingerprint density at radius 1 is 1.08 bits per heavy atom. The quantitative estimate of drug-likeness (QED) is 0.513. The van der Waals surface area contributed by atoms with Crippen molar-refractivity contribution in [3.8, 4) is 5.75 Å². The van der Waals surface area contributed by atoms with E-state index < -0.39 is 0 Å². The highest BCUT2D eigenvalue weighted by Gasteiger charge is 2.33. The third kappa shape index (κ3) is 8.07. The van der Waals surface area contributed by atoms with E-state index in [2.05, 4.69) is 16.3 Å². The van der Waals surface area contributed by atoms with Gasteiger partial charge in [0.2, 0.25) is 17.7 Å². The summed E-state index contributed by atoms with van der Waals surface area (Å²) in [6.07, 6.45) is 9.34. The van der Waals surface area contributed by atoms with Gasteiger partial charge in [0.1, 0.15) is 18.9 Å². The summed E-state index contributed by atoms with van der Waals surface area (Å²) in [4.78, 5) is 45.8. The molecule has 2 fully saturated rings. The van der Waals surface area contributed by atoms with Crippen LogP contribution in [0.4, 0.5) is 0 Å². The Morgan fingerprint density at radius 2 is 1.85 bits per heavy atom. The van der Waals surface area contributed by atoms with Crippen molar-refractivity contribution in [2.45, 2.75) is 58.9 Å². The molecule has 2 saturated heterocycles. The van der Waals surface area contributed by atoms with Gasteiger partial charge in [0, 0.05) is 50.6 Å². The maximum absolute atomic E-state index is 13.5. The number of piperidine rings is 1. The summed E-state index contributed by atoms with van der Waals surface area (Å²) in [6, 6.07) is 7.75. The van der Waals surface area contributed by atoms with Crippen molar-refractivity contribution in [1.82, 2.24) is 20.0 Å². The molecular formula is C31H46N4O4. The van der Waals surface area contributed by atoms with Crippen LogP contribution in [0.3, 0.4) is 0 Å². The maximum atomic E-state index is 13.5. The molecule has 1 N–H and O–H groups in total. The molecule has 8 nitrogen and oxygen atoms in total. The highest BCUT2D eigenvalue weighted by molar-refractivity contribution is 5.86. The molecule has 1 aromatic rings. The number of nitrogens with zero attached hydrogens (tertiary/aromatic N) is 3. The monoisotopic (exact) mass is 538 g/mol. The zero-order valence-electron chi connectivity index (χ0n) is 23.8. The number of hydrogen-bond acceptors (Lipinski definition) is 5. The molecule has 2 atom stereocenters. The standard InChI is InChI=1S/C31H46N4O4/c1-3-24(4-2)31(38)35-22-27-10-5-6-12-28(27)39-19-9-11-26-21-34(30(37)23-35)17-13-25(26)20-29(36)32-14-18-33-15-7-8-16-33/h5-6,9-12,24-26H,3-4,7-8,13-23H2,1-2H3,(H,32,36)/b11-9-/t25-,26-/m0/s1. The summed E-state index contributed by atoms with van der Waals surface area (Å²) >= 11 is 0. The summed E-state index contributed by atoms with van der Waals surface area (Å²) in [6.45, 7) is 9.86. The number of benzene rings is 1. The van der Waals surface area contributed by atoms with Gasteiger partial charge < -0.3 is 24.8 Å². The predicted octanol–water partition coefficient (Wildman–Crippen LogP) is 3.47. The normalized spacial score (nSPS) is 23.3. The smallest absolute Gasteiger partial charge is 0.242 e. The molecule has 0 aromatic heterocycles. The number of fused-ring (bicyclic) bond motifs is 3. The molecule has 3 heterocycles. The van der Waals surface area contributed by atoms with Crippen LogP contribution in [-0.2, 0) is 20.9 Å². The van der Waals surface area contributed by atoms with Gasteiger partial charge >= 0.3 is 0 Å². The molecule has 3 amide bonds. The molecule has 0 aliphatic carbocycles. The molecule has 2 bridgehead atoms. The molecule has 1 aromatic carbocycles. The molecule has 0 radical (unpaired) electrons. The molecule has 8 heteroatoms. The molecule has 0 saturated carbocycles. The number of ether oxygens (including phenoxy) is 1. The highest BCUT2D eigenvalue weighted by Crippen LogP contribution is 2.29. The first kappa shape index (κ1) is 29.1. The SMILES string of the molecule is CCC(CC)C(=O)N1CC(=O)N2CC[C@@H](CC(=O)NCCN3CCCC3)[C@@H](/C=C\COc3ccccc3C1)C2. The van der Waals surface area contributed by atoms with Gasteiger partial charge in [0.25, 0.3) is 0 Å². The van der Waals surface area contributed by atoms with Crippen molar-refractivity contribution in [1.29, 1.82) is 0 Å². The second-order valence-electron chi connectivity index (χ2n) is 11.2. The molecule has 0 spiro atoms. The Labute approximate surface area is 233 Å². The van der Waals surface area contributed by atoms with Gasteiger partial charge in [0.05, 0.1) is 0 Å². The van der Waals surface area contributed by atoms with E-state index in [4.69, 9.17) is 4.74 Å². The van der Waals surface area contributed by atoms with Gasteiger partial charge in [-0.2, -0.15) is 0 Å². The Hall–Kier alpha value is -2.87. The van der Waals surface area contributed by atoms with Crippen LogP contribution in [-0.4, -0.2) is 84.8 Å². The van der Waals surface area contributed by atoms with Gasteiger partial charge in [-0.15, -0.1) is 0 Å². The summed E-state index contributed by atoms with van der Waals surface area (Å²) in [5.41, 5.74) is 0.902. The molecular weight excluding hydrogens is 492 g/mol. The van der Waals surface area contributed by atoms with Gasteiger partial charge in [-0.25, -0.2) is 0 Å². The van der Waals surface area contributed by atoms with E-state index in [0.717, 1.165) is 50.2 Å². The van der Waals surface area contributed by atoms with Crippen LogP contribution in [0.5, 0.6) is 5.75 Å². The topological polar surface area (TPSA) is 82.2 Å². The number of carbonyl (C=O) groups is 3. The van der Waals surface area contributed by atoms with E-state index in [0.29, 0.717) is 39.2 Å². The van der Waals surface area contributed by atoms with Crippen molar-refractivity contribution in [3.63, 3.8) is 0 Å². The molecule has 3 aliphatic heterocycles. The fraction of sp³-hybridized carbons (Fsp3) is 0.645. The minimum Gasteiger partial charge on any atom is -0.489 e. The summed E-state index contributed by atoms with van der Waals surface area (Å²) in [5.74, 6) is 0.931. The average Bonchev–Trinajstić information content (AvgIpc) is 3.46. The minimum atomic E-state index is -0.106. The van der Waals surface area contributed by atoms with Crippen LogP contribution in [0.15, 0.2) is 36.4 Å². The molecule has 4 rings (SSSR count). The van der Waals surface area contributed by atoms with E-state index in [1.165, 1.54) is 12.8 Å². The van der Waals surface area contributed by atoms with E-state index in [9.17, 15) is 14.4 Å². The van der Waals surface area contributed by atoms with Crippen LogP contribution < -0.4 is 10.1 Å². The number of carbonyl (C=O) groups excluding carboxylic acids is 3. The lowest BCUT2D eigenvalue weighted by atomic mass is 9.82. The molecule has 3 aliphatic rings. The Morgan fingerprint density at radius 3 is 2.62 bits per heavy atom. The Kier molecular flexibility index (Phi) is 10.8. The Balaban J connectivity index is 1.46. The summed E-state index contributed by atoms with van der Waals surface area (Å²) in [5, 5.41) is 3.11. The van der Waals surface area contributed by atoms with Crippen LogP contribution in [0.1, 0.15) is 57.9 Å². The van der Waals surface area contributed by atoms with Gasteiger partial charge in [-0.05, 0) is 63.1 Å². The number of rotatable bonds is 8. The maximum Gasteiger partial charge on any atom is 0.242 e. The lowest BCUT2D eigenvalue weighted by Gasteiger charge is -2.38. The lowest BCUT2D eigenvalue weighted by Crippen LogP contribution is -2.49. The first-order valence-corrected chi connectivity index (χ1v) is 14.9. The van der Waals surface area contributed by atoms with Crippen LogP contribution in [0, 0.1) is 17.8 Å². The van der Waals surface area contributed by atoms with Gasteiger partial charge in [-0.3, -0.25) is 14.4 Å². The molecule has 0 unspecified atom stereocenters. The third-order valence-corrected chi connectivity index (χ3v) is 8.58. The number of nitrogens with one attached hydrogen (secondary N) is 1. The second kappa shape index (κ2) is 14.5. The number of likely N-dealkylation sites (tertiary alicyclic amines) is 1. The molecule has 214 valence electrons. The summed E-state index contributed by atoms with van der Waals surface area (Å²) < 4.78 is 6.12. The van der Waals surface area contributed by atoms with Crippen LogP contribution in [0.25, 0.3) is 0 Å². The number of hydrogen-bond donors (Lipinski definition) is 1. The first-order valence-electron chi connectivity index (χ1n) is 14.9. The molecule has 39 heavy (non-hydrogen) atoms. The summed E-state index contributed by atoms with van der Waals surface area (Å²) in [7, 11) is 0. The Bertz CT molecular complexity index is 1000. The first-order chi connectivity index (χ1) is 19.0. The van der Waals surface area contributed by atoms with E-state index in [1.54, 1.807) is 4.90 Å². The zero-order valence-corrected chi connectivity index (χ0v) is 23.8. The van der Waals surface area contributed by atoms with Crippen molar-refractivity contribution in [2.24, 2.45) is 17.8 Å². The van der Waals surface area contributed by atoms with Crippen LogP contribution in [0.2, 0.25) is 0 Å². The third-order valence-electron chi connectivity index (χ3n) is 8.58. The van der Waals surface area contributed by atoms with Crippen molar-refractivity contribution in [2.75, 3.05) is 52.4 Å². The van der Waals surface area contributed by atoms with Crippen LogP contribution >= 0.6 is 0 Å². The zero-order chi connectivity index (χ0) is 27.6. The minimum absolute atomic E-state index is 0.0215. The van der Waals surface area contributed by atoms with E-state index in [-0.39, 0.29) is 42.0 Å². The number of para-hydroxylation sites is 1. The van der Waals surface area contributed by atoms with Gasteiger partial charge in [-0.1, -0.05) is 44.2 Å². The fourth-order valence-electron chi connectivity index (χ4n) is 6.12. The number of amides is 3. The largest absolute Gasteiger partial charge is 0.489 e. The van der Waals surface area contributed by atoms with Crippen molar-refractivity contribution < 1.29 is 19.1 Å². The van der Waals surface area contributed by atoms with E-state index >= 15 is 0 Å². The van der Waals surface area contributed by atoms with Crippen molar-refractivity contribution in [3.05, 3.63) is 42.0 Å². The van der Waals surface area contributed by atoms with E-state index in [1.807, 2.05) is 49.1 Å². The van der Waals surface area contributed by atoms with Gasteiger partial charge in [0.15, 0.2) is 0 Å². The second-order valence-corrected chi connectivity index (χ2v) is 11.2. The highest BCUT2D eigenvalue weighted by atomic mass is 16.5. The predicted molar refractivity (Wildman–Crippen MR) is 152 cm³/mol. The lowest BCUT2D eigenvalue weighted by molar-refractivity contribution is -0.144. The fourth-order valence-corrected chi connectivity index (χ4v) is 6.12.